The Kier molecular flexibility index (Phi) is 3.34. The van der Waals surface area contributed by atoms with Crippen molar-refractivity contribution in [1.82, 2.24) is 19.3 Å². The van der Waals surface area contributed by atoms with E-state index in [0.717, 1.165) is 10.7 Å². The van der Waals surface area contributed by atoms with Crippen molar-refractivity contribution in [3.8, 4) is 0 Å². The predicted molar refractivity (Wildman–Crippen MR) is 75.6 cm³/mol. The van der Waals surface area contributed by atoms with Gasteiger partial charge in [0.1, 0.15) is 6.54 Å². The lowest BCUT2D eigenvalue weighted by Gasteiger charge is -2.05. The molecular formula is C13H12N4O2S. The fourth-order valence-corrected chi connectivity index (χ4v) is 2.57. The number of pyridine rings is 1. The van der Waals surface area contributed by atoms with Gasteiger partial charge in [-0.3, -0.25) is 14.0 Å². The number of nitrogens with zero attached hydrogens (tertiary/aromatic N) is 3. The van der Waals surface area contributed by atoms with Gasteiger partial charge in [-0.05, 0) is 6.07 Å². The van der Waals surface area contributed by atoms with Crippen LogP contribution in [-0.4, -0.2) is 19.9 Å². The monoisotopic (exact) mass is 288 g/mol. The Morgan fingerprint density at radius 1 is 1.35 bits per heavy atom. The summed E-state index contributed by atoms with van der Waals surface area (Å²) in [6.07, 6.45) is 5.39. The van der Waals surface area contributed by atoms with Crippen LogP contribution < -0.4 is 10.9 Å². The molecule has 0 spiro atoms. The van der Waals surface area contributed by atoms with E-state index in [-0.39, 0.29) is 18.0 Å². The van der Waals surface area contributed by atoms with Crippen LogP contribution in [0.4, 0.5) is 0 Å². The Hall–Kier alpha value is -2.41. The first-order valence-corrected chi connectivity index (χ1v) is 6.93. The summed E-state index contributed by atoms with van der Waals surface area (Å²) >= 11 is 1.54. The van der Waals surface area contributed by atoms with Crippen molar-refractivity contribution >= 4 is 22.2 Å². The molecule has 0 aromatic carbocycles. The smallest absolute Gasteiger partial charge is 0.250 e. The van der Waals surface area contributed by atoms with E-state index in [0.29, 0.717) is 6.54 Å². The van der Waals surface area contributed by atoms with Crippen molar-refractivity contribution in [3.05, 3.63) is 58.2 Å². The van der Waals surface area contributed by atoms with Gasteiger partial charge in [-0.25, -0.2) is 4.98 Å². The number of carbonyl (C=O) groups excluding carboxylic acids is 1. The maximum Gasteiger partial charge on any atom is 0.250 e. The van der Waals surface area contributed by atoms with Crippen molar-refractivity contribution in [2.24, 2.45) is 0 Å². The van der Waals surface area contributed by atoms with E-state index >= 15 is 0 Å². The van der Waals surface area contributed by atoms with E-state index in [1.165, 1.54) is 10.6 Å². The van der Waals surface area contributed by atoms with E-state index in [1.807, 2.05) is 22.2 Å². The highest BCUT2D eigenvalue weighted by Gasteiger charge is 2.06. The Balaban J connectivity index is 1.61. The summed E-state index contributed by atoms with van der Waals surface area (Å²) < 4.78 is 3.27. The van der Waals surface area contributed by atoms with Crippen LogP contribution in [-0.2, 0) is 17.9 Å². The number of hydrogen-bond donors (Lipinski definition) is 1. The van der Waals surface area contributed by atoms with Crippen LogP contribution in [0.3, 0.4) is 0 Å². The highest BCUT2D eigenvalue weighted by molar-refractivity contribution is 7.15. The van der Waals surface area contributed by atoms with Crippen LogP contribution in [0.1, 0.15) is 5.69 Å². The Morgan fingerprint density at radius 3 is 3.05 bits per heavy atom. The molecule has 0 aliphatic carbocycles. The van der Waals surface area contributed by atoms with Gasteiger partial charge >= 0.3 is 0 Å². The first kappa shape index (κ1) is 12.6. The summed E-state index contributed by atoms with van der Waals surface area (Å²) in [5, 5.41) is 4.71. The zero-order chi connectivity index (χ0) is 13.9. The largest absolute Gasteiger partial charge is 0.349 e. The van der Waals surface area contributed by atoms with E-state index < -0.39 is 0 Å². The number of hydrogen-bond acceptors (Lipinski definition) is 4. The van der Waals surface area contributed by atoms with Gasteiger partial charge in [-0.1, -0.05) is 6.07 Å². The molecule has 0 atom stereocenters. The van der Waals surface area contributed by atoms with Gasteiger partial charge in [0.15, 0.2) is 4.96 Å². The van der Waals surface area contributed by atoms with Gasteiger partial charge < -0.3 is 9.88 Å². The van der Waals surface area contributed by atoms with Gasteiger partial charge in [0, 0.05) is 30.0 Å². The Bertz CT molecular complexity index is 773. The summed E-state index contributed by atoms with van der Waals surface area (Å²) in [6.45, 7) is 0.372. The van der Waals surface area contributed by atoms with E-state index in [9.17, 15) is 9.59 Å². The Labute approximate surface area is 118 Å². The van der Waals surface area contributed by atoms with Crippen LogP contribution in [0.2, 0.25) is 0 Å². The van der Waals surface area contributed by atoms with E-state index in [1.54, 1.807) is 29.7 Å². The minimum Gasteiger partial charge on any atom is -0.349 e. The molecular weight excluding hydrogens is 276 g/mol. The minimum atomic E-state index is -0.213. The summed E-state index contributed by atoms with van der Waals surface area (Å²) in [6, 6.07) is 4.80. The summed E-state index contributed by atoms with van der Waals surface area (Å²) in [5.41, 5.74) is 0.607. The predicted octanol–water partition coefficient (Wildman–Crippen LogP) is 0.874. The SMILES string of the molecule is O=C(Cn1ccccc1=O)NCc1cn2ccsc2n1. The standard InChI is InChI=1S/C13H12N4O2S/c18-11(9-16-4-2-1-3-12(16)19)14-7-10-8-17-5-6-20-13(17)15-10/h1-6,8H,7,9H2,(H,14,18). The lowest BCUT2D eigenvalue weighted by molar-refractivity contribution is -0.121. The molecule has 0 radical (unpaired) electrons. The molecule has 0 saturated carbocycles. The van der Waals surface area contributed by atoms with Gasteiger partial charge in [0.05, 0.1) is 12.2 Å². The molecule has 3 heterocycles. The zero-order valence-corrected chi connectivity index (χ0v) is 11.3. The van der Waals surface area contributed by atoms with Crippen molar-refractivity contribution in [2.75, 3.05) is 0 Å². The number of thiazole rings is 1. The van der Waals surface area contributed by atoms with Crippen LogP contribution in [0.15, 0.2) is 47.0 Å². The van der Waals surface area contributed by atoms with Crippen LogP contribution in [0, 0.1) is 0 Å². The van der Waals surface area contributed by atoms with Gasteiger partial charge in [-0.2, -0.15) is 0 Å². The molecule has 1 N–H and O–H groups in total. The molecule has 0 aliphatic rings. The molecule has 20 heavy (non-hydrogen) atoms. The number of aromatic nitrogens is 3. The highest BCUT2D eigenvalue weighted by atomic mass is 32.1. The number of carbonyl (C=O) groups is 1. The number of amides is 1. The highest BCUT2D eigenvalue weighted by Crippen LogP contribution is 2.10. The maximum absolute atomic E-state index is 11.8. The molecule has 6 nitrogen and oxygen atoms in total. The van der Waals surface area contributed by atoms with Crippen molar-refractivity contribution in [2.45, 2.75) is 13.1 Å². The first-order chi connectivity index (χ1) is 9.72. The fourth-order valence-electron chi connectivity index (χ4n) is 1.85. The second-order valence-corrected chi connectivity index (χ2v) is 5.14. The van der Waals surface area contributed by atoms with Crippen molar-refractivity contribution in [1.29, 1.82) is 0 Å². The molecule has 102 valence electrons. The molecule has 7 heteroatoms. The van der Waals surface area contributed by atoms with Crippen LogP contribution in [0.5, 0.6) is 0 Å². The van der Waals surface area contributed by atoms with Crippen LogP contribution in [0.25, 0.3) is 4.96 Å². The van der Waals surface area contributed by atoms with Crippen molar-refractivity contribution < 1.29 is 4.79 Å². The molecule has 0 aliphatic heterocycles. The number of imidazole rings is 1. The second-order valence-electron chi connectivity index (χ2n) is 4.27. The fraction of sp³-hybridized carbons (Fsp3) is 0.154. The normalized spacial score (nSPS) is 10.8. The molecule has 3 aromatic heterocycles. The third kappa shape index (κ3) is 2.62. The molecule has 1 amide bonds. The van der Waals surface area contributed by atoms with E-state index in [4.69, 9.17) is 0 Å². The minimum absolute atomic E-state index is 0.0158. The molecule has 3 aromatic rings. The zero-order valence-electron chi connectivity index (χ0n) is 10.5. The number of rotatable bonds is 4. The number of fused-ring (bicyclic) bond motifs is 1. The average Bonchev–Trinajstić information content (AvgIpc) is 3.00. The van der Waals surface area contributed by atoms with Gasteiger partial charge in [-0.15, -0.1) is 11.3 Å². The van der Waals surface area contributed by atoms with E-state index in [2.05, 4.69) is 10.3 Å². The lowest BCUT2D eigenvalue weighted by atomic mass is 10.4. The van der Waals surface area contributed by atoms with Gasteiger partial charge in [0.2, 0.25) is 5.91 Å². The number of nitrogens with one attached hydrogen (secondary N) is 1. The third-order valence-electron chi connectivity index (χ3n) is 2.82. The van der Waals surface area contributed by atoms with Crippen LogP contribution >= 0.6 is 11.3 Å². The molecule has 0 fully saturated rings. The first-order valence-electron chi connectivity index (χ1n) is 6.05. The van der Waals surface area contributed by atoms with Gasteiger partial charge in [0.25, 0.3) is 5.56 Å². The molecule has 0 bridgehead atoms. The van der Waals surface area contributed by atoms with Crippen molar-refractivity contribution in [3.63, 3.8) is 0 Å². The molecule has 0 saturated heterocycles. The molecule has 3 rings (SSSR count). The molecule has 0 unspecified atom stereocenters. The second kappa shape index (κ2) is 5.30. The quantitative estimate of drug-likeness (QED) is 0.774. The summed E-state index contributed by atoms with van der Waals surface area (Å²) in [5.74, 6) is -0.213. The maximum atomic E-state index is 11.8. The summed E-state index contributed by atoms with van der Waals surface area (Å²) in [7, 11) is 0. The topological polar surface area (TPSA) is 68.4 Å². The summed E-state index contributed by atoms with van der Waals surface area (Å²) in [4.78, 5) is 28.5. The Morgan fingerprint density at radius 2 is 2.25 bits per heavy atom. The lowest BCUT2D eigenvalue weighted by Crippen LogP contribution is -2.31. The average molecular weight is 288 g/mol. The third-order valence-corrected chi connectivity index (χ3v) is 3.59.